The molecule has 2 rings (SSSR count). The molecule has 1 unspecified atom stereocenters. The molecule has 0 aliphatic rings. The smallest absolute Gasteiger partial charge is 0.0294 e. The summed E-state index contributed by atoms with van der Waals surface area (Å²) in [5.74, 6) is 0. The van der Waals surface area contributed by atoms with Gasteiger partial charge in [-0.3, -0.25) is 0 Å². The molecule has 1 N–H and O–H groups in total. The molecule has 18 heavy (non-hydrogen) atoms. The third kappa shape index (κ3) is 2.65. The first kappa shape index (κ1) is 12.9. The van der Waals surface area contributed by atoms with Gasteiger partial charge in [0.05, 0.1) is 0 Å². The molecule has 0 radical (unpaired) electrons. The highest BCUT2D eigenvalue weighted by Gasteiger charge is 2.08. The first-order chi connectivity index (χ1) is 8.59. The van der Waals surface area contributed by atoms with E-state index in [0.29, 0.717) is 6.04 Å². The third-order valence-corrected chi connectivity index (χ3v) is 3.78. The Kier molecular flexibility index (Phi) is 3.87. The van der Waals surface area contributed by atoms with Crippen molar-refractivity contribution < 1.29 is 0 Å². The Bertz CT molecular complexity index is 511. The van der Waals surface area contributed by atoms with E-state index in [4.69, 9.17) is 0 Å². The van der Waals surface area contributed by atoms with Crippen LogP contribution in [0, 0.1) is 13.8 Å². The molecule has 0 aliphatic heterocycles. The van der Waals surface area contributed by atoms with Crippen LogP contribution < -0.4 is 5.32 Å². The first-order valence-electron chi connectivity index (χ1n) is 6.49. The fraction of sp³-hybridized carbons (Fsp3) is 0.375. The van der Waals surface area contributed by atoms with Gasteiger partial charge in [-0.15, -0.1) is 0 Å². The van der Waals surface area contributed by atoms with Crippen molar-refractivity contribution in [3.8, 4) is 0 Å². The van der Waals surface area contributed by atoms with Gasteiger partial charge in [-0.2, -0.15) is 0 Å². The molecular formula is C16H22N2. The van der Waals surface area contributed by atoms with E-state index in [-0.39, 0.29) is 0 Å². The predicted molar refractivity (Wildman–Crippen MR) is 76.6 cm³/mol. The van der Waals surface area contributed by atoms with Gasteiger partial charge in [0.15, 0.2) is 0 Å². The number of benzene rings is 1. The summed E-state index contributed by atoms with van der Waals surface area (Å²) < 4.78 is 2.24. The number of nitrogens with one attached hydrogen (secondary N) is 1. The second kappa shape index (κ2) is 5.40. The van der Waals surface area contributed by atoms with Gasteiger partial charge in [0, 0.05) is 31.0 Å². The number of hydrogen-bond donors (Lipinski definition) is 1. The van der Waals surface area contributed by atoms with Crippen molar-refractivity contribution in [2.75, 3.05) is 0 Å². The standard InChI is InChI=1S/C16H22N2/c1-12-10-16(14(3)18(12)4)11-17-13(2)15-8-6-5-7-9-15/h5-10,13,17H,11H2,1-4H3. The highest BCUT2D eigenvalue weighted by molar-refractivity contribution is 5.26. The van der Waals surface area contributed by atoms with E-state index in [0.717, 1.165) is 6.54 Å². The van der Waals surface area contributed by atoms with Gasteiger partial charge in [-0.1, -0.05) is 30.3 Å². The summed E-state index contributed by atoms with van der Waals surface area (Å²) in [7, 11) is 2.12. The molecule has 2 nitrogen and oxygen atoms in total. The van der Waals surface area contributed by atoms with Gasteiger partial charge >= 0.3 is 0 Å². The average Bonchev–Trinajstić information content (AvgIpc) is 2.64. The highest BCUT2D eigenvalue weighted by Crippen LogP contribution is 2.16. The summed E-state index contributed by atoms with van der Waals surface area (Å²) in [4.78, 5) is 0. The fourth-order valence-electron chi connectivity index (χ4n) is 2.23. The molecule has 1 atom stereocenters. The van der Waals surface area contributed by atoms with E-state index >= 15 is 0 Å². The van der Waals surface area contributed by atoms with Crippen molar-refractivity contribution in [3.63, 3.8) is 0 Å². The van der Waals surface area contributed by atoms with Gasteiger partial charge in [0.1, 0.15) is 0 Å². The lowest BCUT2D eigenvalue weighted by Crippen LogP contribution is -2.18. The van der Waals surface area contributed by atoms with Gasteiger partial charge in [0.25, 0.3) is 0 Å². The van der Waals surface area contributed by atoms with Crippen LogP contribution in [0.5, 0.6) is 0 Å². The summed E-state index contributed by atoms with van der Waals surface area (Å²) in [6.07, 6.45) is 0. The molecule has 0 saturated carbocycles. The van der Waals surface area contributed by atoms with Crippen LogP contribution in [-0.2, 0) is 13.6 Å². The quantitative estimate of drug-likeness (QED) is 0.868. The molecular weight excluding hydrogens is 220 g/mol. The molecule has 2 aromatic rings. The topological polar surface area (TPSA) is 17.0 Å². The second-order valence-corrected chi connectivity index (χ2v) is 4.97. The van der Waals surface area contributed by atoms with Crippen molar-refractivity contribution in [3.05, 3.63) is 58.9 Å². The number of aromatic nitrogens is 1. The molecule has 1 heterocycles. The van der Waals surface area contributed by atoms with Gasteiger partial charge in [-0.05, 0) is 38.0 Å². The second-order valence-electron chi connectivity index (χ2n) is 4.97. The molecule has 96 valence electrons. The monoisotopic (exact) mass is 242 g/mol. The van der Waals surface area contributed by atoms with Gasteiger partial charge in [0.2, 0.25) is 0 Å². The molecule has 2 heteroatoms. The van der Waals surface area contributed by atoms with Gasteiger partial charge < -0.3 is 9.88 Å². The van der Waals surface area contributed by atoms with Crippen LogP contribution in [0.3, 0.4) is 0 Å². The summed E-state index contributed by atoms with van der Waals surface area (Å²) in [6.45, 7) is 7.46. The zero-order chi connectivity index (χ0) is 13.1. The zero-order valence-corrected chi connectivity index (χ0v) is 11.7. The largest absolute Gasteiger partial charge is 0.352 e. The van der Waals surface area contributed by atoms with E-state index in [1.807, 2.05) is 0 Å². The highest BCUT2D eigenvalue weighted by atomic mass is 15.0. The summed E-state index contributed by atoms with van der Waals surface area (Å²) >= 11 is 0. The molecule has 0 spiro atoms. The number of hydrogen-bond acceptors (Lipinski definition) is 1. The number of aryl methyl sites for hydroxylation is 1. The Morgan fingerprint density at radius 2 is 1.83 bits per heavy atom. The third-order valence-electron chi connectivity index (χ3n) is 3.78. The van der Waals surface area contributed by atoms with Crippen LogP contribution in [0.25, 0.3) is 0 Å². The Balaban J connectivity index is 2.02. The average molecular weight is 242 g/mol. The Labute approximate surface area is 110 Å². The van der Waals surface area contributed by atoms with Crippen LogP contribution in [-0.4, -0.2) is 4.57 Å². The first-order valence-corrected chi connectivity index (χ1v) is 6.49. The summed E-state index contributed by atoms with van der Waals surface area (Å²) in [5, 5.41) is 3.58. The van der Waals surface area contributed by atoms with Crippen LogP contribution in [0.1, 0.15) is 35.5 Å². The minimum Gasteiger partial charge on any atom is -0.352 e. The minimum absolute atomic E-state index is 0.381. The lowest BCUT2D eigenvalue weighted by atomic mass is 10.1. The SMILES string of the molecule is Cc1cc(CNC(C)c2ccccc2)c(C)n1C. The maximum Gasteiger partial charge on any atom is 0.0294 e. The summed E-state index contributed by atoms with van der Waals surface area (Å²) in [6, 6.07) is 13.2. The molecule has 0 fully saturated rings. The van der Waals surface area contributed by atoms with Crippen LogP contribution in [0.4, 0.5) is 0 Å². The Morgan fingerprint density at radius 3 is 2.39 bits per heavy atom. The zero-order valence-electron chi connectivity index (χ0n) is 11.7. The van der Waals surface area contributed by atoms with Crippen LogP contribution in [0.2, 0.25) is 0 Å². The van der Waals surface area contributed by atoms with E-state index in [9.17, 15) is 0 Å². The van der Waals surface area contributed by atoms with Crippen molar-refractivity contribution >= 4 is 0 Å². The maximum atomic E-state index is 3.58. The lowest BCUT2D eigenvalue weighted by molar-refractivity contribution is 0.572. The predicted octanol–water partition coefficient (Wildman–Crippen LogP) is 3.49. The van der Waals surface area contributed by atoms with Crippen molar-refractivity contribution in [2.45, 2.75) is 33.4 Å². The number of nitrogens with zero attached hydrogens (tertiary/aromatic N) is 1. The molecule has 0 amide bonds. The Hall–Kier alpha value is -1.54. The summed E-state index contributed by atoms with van der Waals surface area (Å²) in [5.41, 5.74) is 5.39. The van der Waals surface area contributed by atoms with Crippen LogP contribution >= 0.6 is 0 Å². The van der Waals surface area contributed by atoms with Crippen molar-refractivity contribution in [1.82, 2.24) is 9.88 Å². The fourth-order valence-corrected chi connectivity index (χ4v) is 2.23. The lowest BCUT2D eigenvalue weighted by Gasteiger charge is -2.14. The Morgan fingerprint density at radius 1 is 1.17 bits per heavy atom. The van der Waals surface area contributed by atoms with Crippen LogP contribution in [0.15, 0.2) is 36.4 Å². The van der Waals surface area contributed by atoms with Crippen molar-refractivity contribution in [2.24, 2.45) is 7.05 Å². The van der Waals surface area contributed by atoms with E-state index in [2.05, 4.69) is 74.1 Å². The minimum atomic E-state index is 0.381. The molecule has 0 aliphatic carbocycles. The number of rotatable bonds is 4. The van der Waals surface area contributed by atoms with Crippen molar-refractivity contribution in [1.29, 1.82) is 0 Å². The van der Waals surface area contributed by atoms with E-state index < -0.39 is 0 Å². The molecule has 0 bridgehead atoms. The molecule has 1 aromatic carbocycles. The molecule has 1 aromatic heterocycles. The maximum absolute atomic E-state index is 3.58. The molecule has 0 saturated heterocycles. The van der Waals surface area contributed by atoms with E-state index in [1.165, 1.54) is 22.5 Å². The van der Waals surface area contributed by atoms with Gasteiger partial charge in [-0.25, -0.2) is 0 Å². The van der Waals surface area contributed by atoms with E-state index in [1.54, 1.807) is 0 Å². The normalized spacial score (nSPS) is 12.7.